The number of methoxy groups -OCH3 is 2. The molecule has 2 aliphatic rings. The van der Waals surface area contributed by atoms with E-state index in [1.54, 1.807) is 33.5 Å². The fourth-order valence-electron chi connectivity index (χ4n) is 7.91. The smallest absolute Gasteiger partial charge is 0.407 e. The van der Waals surface area contributed by atoms with Gasteiger partial charge in [0.15, 0.2) is 0 Å². The lowest BCUT2D eigenvalue weighted by Crippen LogP contribution is -2.51. The van der Waals surface area contributed by atoms with Gasteiger partial charge in [-0.3, -0.25) is 9.59 Å². The standard InChI is InChI=1S/C41H49N9O6S/c1-22(2)32(47-40(53)55-5)38(51)49-17-7-9-30(49)36-42-19-28(45-36)25-13-11-24(12-14-25)26-15-16-27(34-35(26)57-21-44-34)29-20-43-37(46-29)31-10-8-18-50(31)39(52)33(23(3)4)48-41(54)56-6/h11-16,19-23,30-33H,7-10,17-18H2,1-6H3,(H,42,45)(H,43,46)(H,47,53)(H,48,54). The summed E-state index contributed by atoms with van der Waals surface area (Å²) in [6, 6.07) is 10.6. The number of H-pyrrole nitrogens is 2. The molecule has 4 amide bonds. The van der Waals surface area contributed by atoms with Crippen LogP contribution in [0.15, 0.2) is 54.3 Å². The van der Waals surface area contributed by atoms with Crippen LogP contribution in [0.4, 0.5) is 9.59 Å². The van der Waals surface area contributed by atoms with E-state index in [1.807, 2.05) is 33.2 Å². The van der Waals surface area contributed by atoms with E-state index in [0.29, 0.717) is 24.7 Å². The average Bonchev–Trinajstić information content (AvgIpc) is 4.07. The molecule has 0 radical (unpaired) electrons. The number of carbonyl (C=O) groups is 4. The van der Waals surface area contributed by atoms with Crippen molar-refractivity contribution < 1.29 is 28.7 Å². The first-order chi connectivity index (χ1) is 27.5. The number of nitrogens with one attached hydrogen (secondary N) is 4. The first-order valence-electron chi connectivity index (χ1n) is 19.4. The largest absolute Gasteiger partial charge is 0.453 e. The molecule has 3 aromatic heterocycles. The Kier molecular flexibility index (Phi) is 11.6. The number of alkyl carbamates (subject to hydrolysis) is 2. The van der Waals surface area contributed by atoms with Crippen LogP contribution in [0.3, 0.4) is 0 Å². The Hall–Kier alpha value is -5.77. The molecule has 57 heavy (non-hydrogen) atoms. The molecule has 4 unspecified atom stereocenters. The molecule has 15 nitrogen and oxygen atoms in total. The average molecular weight is 796 g/mol. The molecule has 4 atom stereocenters. The van der Waals surface area contributed by atoms with Gasteiger partial charge in [-0.15, -0.1) is 11.3 Å². The maximum absolute atomic E-state index is 13.7. The van der Waals surface area contributed by atoms with Gasteiger partial charge in [-0.05, 0) is 54.7 Å². The number of aromatic nitrogens is 5. The molecule has 0 bridgehead atoms. The maximum atomic E-state index is 13.7. The van der Waals surface area contributed by atoms with E-state index in [-0.39, 0.29) is 35.7 Å². The quantitative estimate of drug-likeness (QED) is 0.111. The van der Waals surface area contributed by atoms with Gasteiger partial charge in [-0.1, -0.05) is 58.0 Å². The van der Waals surface area contributed by atoms with Crippen LogP contribution in [-0.2, 0) is 19.1 Å². The van der Waals surface area contributed by atoms with Gasteiger partial charge >= 0.3 is 12.2 Å². The van der Waals surface area contributed by atoms with Crippen molar-refractivity contribution in [3.63, 3.8) is 0 Å². The first-order valence-corrected chi connectivity index (χ1v) is 20.2. The Bertz CT molecular complexity index is 2250. The van der Waals surface area contributed by atoms with Crippen LogP contribution in [0, 0.1) is 11.8 Å². The number of aromatic amines is 2. The molecule has 2 saturated heterocycles. The minimum Gasteiger partial charge on any atom is -0.453 e. The number of rotatable bonds is 11. The number of amides is 4. The van der Waals surface area contributed by atoms with Crippen LogP contribution in [0.25, 0.3) is 43.9 Å². The van der Waals surface area contributed by atoms with Crippen molar-refractivity contribution in [3.05, 3.63) is 66.0 Å². The van der Waals surface area contributed by atoms with E-state index < -0.39 is 24.3 Å². The van der Waals surface area contributed by atoms with Crippen molar-refractivity contribution in [1.82, 2.24) is 45.4 Å². The van der Waals surface area contributed by atoms with Crippen molar-refractivity contribution in [2.24, 2.45) is 11.8 Å². The minimum atomic E-state index is -0.706. The number of benzene rings is 2. The lowest BCUT2D eigenvalue weighted by atomic mass is 10.00. The summed E-state index contributed by atoms with van der Waals surface area (Å²) in [6.45, 7) is 8.76. The molecular formula is C41H49N9O6S. The summed E-state index contributed by atoms with van der Waals surface area (Å²) in [5.41, 5.74) is 8.33. The third-order valence-electron chi connectivity index (χ3n) is 11.0. The summed E-state index contributed by atoms with van der Waals surface area (Å²) in [5.74, 6) is 0.882. The van der Waals surface area contributed by atoms with Gasteiger partial charge in [0.1, 0.15) is 23.7 Å². The lowest BCUT2D eigenvalue weighted by molar-refractivity contribution is -0.136. The van der Waals surface area contributed by atoms with Gasteiger partial charge < -0.3 is 39.9 Å². The van der Waals surface area contributed by atoms with E-state index in [2.05, 4.69) is 57.0 Å². The Morgan fingerprint density at radius 1 is 0.702 bits per heavy atom. The number of imidazole rings is 2. The molecule has 2 aromatic carbocycles. The summed E-state index contributed by atoms with van der Waals surface area (Å²) in [5, 5.41) is 5.40. The van der Waals surface area contributed by atoms with Crippen LogP contribution >= 0.6 is 11.3 Å². The molecule has 7 rings (SSSR count). The number of hydrogen-bond acceptors (Lipinski definition) is 10. The number of nitrogens with zero attached hydrogens (tertiary/aromatic N) is 5. The summed E-state index contributed by atoms with van der Waals surface area (Å²) < 4.78 is 10.6. The molecule has 4 N–H and O–H groups in total. The topological polar surface area (TPSA) is 188 Å². The number of ether oxygens (including phenoxy) is 2. The number of likely N-dealkylation sites (tertiary alicyclic amines) is 2. The molecule has 5 heterocycles. The fraction of sp³-hybridized carbons (Fsp3) is 0.439. The zero-order chi connectivity index (χ0) is 40.4. The van der Waals surface area contributed by atoms with Gasteiger partial charge in [0.2, 0.25) is 11.8 Å². The minimum absolute atomic E-state index is 0.112. The second-order valence-corrected chi connectivity index (χ2v) is 16.1. The normalized spacial score (nSPS) is 18.0. The van der Waals surface area contributed by atoms with E-state index in [4.69, 9.17) is 24.4 Å². The van der Waals surface area contributed by atoms with E-state index in [1.165, 1.54) is 14.2 Å². The molecular weight excluding hydrogens is 747 g/mol. The zero-order valence-electron chi connectivity index (χ0n) is 33.0. The highest BCUT2D eigenvalue weighted by Crippen LogP contribution is 2.39. The third kappa shape index (κ3) is 7.95. The van der Waals surface area contributed by atoms with Crippen LogP contribution in [-0.4, -0.2) is 98.1 Å². The molecule has 2 fully saturated rings. The van der Waals surface area contributed by atoms with Gasteiger partial charge in [0.05, 0.1) is 65.8 Å². The molecule has 0 saturated carbocycles. The predicted molar refractivity (Wildman–Crippen MR) is 216 cm³/mol. The van der Waals surface area contributed by atoms with Gasteiger partial charge in [0.25, 0.3) is 0 Å². The maximum Gasteiger partial charge on any atom is 0.407 e. The zero-order valence-corrected chi connectivity index (χ0v) is 33.8. The molecule has 16 heteroatoms. The molecule has 300 valence electrons. The van der Waals surface area contributed by atoms with Crippen molar-refractivity contribution in [1.29, 1.82) is 0 Å². The van der Waals surface area contributed by atoms with Crippen molar-refractivity contribution in [3.8, 4) is 33.6 Å². The third-order valence-corrected chi connectivity index (χ3v) is 11.8. The molecule has 5 aromatic rings. The van der Waals surface area contributed by atoms with Gasteiger partial charge in [0, 0.05) is 24.2 Å². The highest BCUT2D eigenvalue weighted by molar-refractivity contribution is 7.17. The second-order valence-electron chi connectivity index (χ2n) is 15.2. The van der Waals surface area contributed by atoms with Gasteiger partial charge in [-0.2, -0.15) is 0 Å². The van der Waals surface area contributed by atoms with Crippen molar-refractivity contribution >= 4 is 45.6 Å². The van der Waals surface area contributed by atoms with E-state index in [0.717, 1.165) is 69.5 Å². The highest BCUT2D eigenvalue weighted by atomic mass is 32.1. The number of thiazole rings is 1. The molecule has 2 aliphatic heterocycles. The van der Waals surface area contributed by atoms with Crippen LogP contribution in [0.2, 0.25) is 0 Å². The summed E-state index contributed by atoms with van der Waals surface area (Å²) in [4.78, 5) is 76.0. The Morgan fingerprint density at radius 2 is 1.19 bits per heavy atom. The lowest BCUT2D eigenvalue weighted by Gasteiger charge is -2.30. The Balaban J connectivity index is 1.07. The number of hydrogen-bond donors (Lipinski definition) is 4. The van der Waals surface area contributed by atoms with Crippen LogP contribution < -0.4 is 10.6 Å². The summed E-state index contributed by atoms with van der Waals surface area (Å²) in [7, 11) is 2.58. The van der Waals surface area contributed by atoms with Gasteiger partial charge in [-0.25, -0.2) is 24.5 Å². The van der Waals surface area contributed by atoms with Crippen LogP contribution in [0.1, 0.15) is 77.1 Å². The summed E-state index contributed by atoms with van der Waals surface area (Å²) >= 11 is 1.57. The summed E-state index contributed by atoms with van der Waals surface area (Å²) in [6.07, 6.45) is 5.54. The van der Waals surface area contributed by atoms with Crippen molar-refractivity contribution in [2.75, 3.05) is 27.3 Å². The molecule has 0 aliphatic carbocycles. The predicted octanol–water partition coefficient (Wildman–Crippen LogP) is 6.83. The Morgan fingerprint density at radius 3 is 1.72 bits per heavy atom. The SMILES string of the molecule is COC(=O)NC(C(=O)N1CCCC1c1ncc(-c2ccc(-c3ccc(-c4cnc(C5CCCN5C(=O)C(NC(=O)OC)C(C)C)[nH]4)c4ncsc34)cc2)[nH]1)C(C)C. The monoisotopic (exact) mass is 795 g/mol. The van der Waals surface area contributed by atoms with Crippen molar-refractivity contribution in [2.45, 2.75) is 77.5 Å². The first kappa shape index (κ1) is 39.5. The number of carbonyl (C=O) groups excluding carboxylic acids is 4. The highest BCUT2D eigenvalue weighted by Gasteiger charge is 2.39. The second kappa shape index (κ2) is 16.8. The van der Waals surface area contributed by atoms with E-state index in [9.17, 15) is 19.2 Å². The Labute approximate surface area is 335 Å². The number of fused-ring (bicyclic) bond motifs is 1. The fourth-order valence-corrected chi connectivity index (χ4v) is 8.76. The molecule has 0 spiro atoms. The van der Waals surface area contributed by atoms with E-state index >= 15 is 0 Å². The van der Waals surface area contributed by atoms with Crippen LogP contribution in [0.5, 0.6) is 0 Å².